The highest BCUT2D eigenvalue weighted by Gasteiger charge is 2.11. The maximum Gasteiger partial charge on any atom is 0.247 e. The number of benzene rings is 1. The molecule has 1 amide bonds. The van der Waals surface area contributed by atoms with Crippen LogP contribution >= 0.6 is 0 Å². The molecule has 3 rings (SSSR count). The van der Waals surface area contributed by atoms with Gasteiger partial charge in [0, 0.05) is 12.1 Å². The number of rotatable bonds is 3. The predicted octanol–water partition coefficient (Wildman–Crippen LogP) is 2.92. The number of hydrogen-bond acceptors (Lipinski definition) is 4. The number of carbonyl (C=O) groups is 1. The number of nitrogens with two attached hydrogens (primary N) is 1. The standard InChI is InChI=1S/C16H19N3O2/c17-15-13-8-7-11(9-14(13)21-19-15)10-18-16(20)12-5-3-1-2-4-6-12/h5,7-9H,1-4,6,10H2,(H2,17,19)(H,18,20). The molecule has 1 aliphatic carbocycles. The minimum Gasteiger partial charge on any atom is -0.380 e. The Labute approximate surface area is 123 Å². The molecule has 0 atom stereocenters. The fraction of sp³-hybridized carbons (Fsp3) is 0.375. The second-order valence-corrected chi connectivity index (χ2v) is 5.41. The highest BCUT2D eigenvalue weighted by atomic mass is 16.5. The van der Waals surface area contributed by atoms with Gasteiger partial charge in [0.1, 0.15) is 0 Å². The van der Waals surface area contributed by atoms with E-state index in [0.29, 0.717) is 17.9 Å². The van der Waals surface area contributed by atoms with E-state index in [2.05, 4.69) is 16.5 Å². The van der Waals surface area contributed by atoms with Crippen molar-refractivity contribution in [2.75, 3.05) is 5.73 Å². The van der Waals surface area contributed by atoms with Gasteiger partial charge in [-0.15, -0.1) is 0 Å². The molecule has 0 unspecified atom stereocenters. The average Bonchev–Trinajstić information content (AvgIpc) is 2.71. The Morgan fingerprint density at radius 2 is 2.24 bits per heavy atom. The van der Waals surface area contributed by atoms with Crippen molar-refractivity contribution in [2.45, 2.75) is 38.6 Å². The molecular formula is C16H19N3O2. The van der Waals surface area contributed by atoms with Gasteiger partial charge in [0.15, 0.2) is 11.4 Å². The maximum absolute atomic E-state index is 12.2. The second-order valence-electron chi connectivity index (χ2n) is 5.41. The van der Waals surface area contributed by atoms with Crippen LogP contribution in [0.3, 0.4) is 0 Å². The van der Waals surface area contributed by atoms with Crippen molar-refractivity contribution >= 4 is 22.7 Å². The van der Waals surface area contributed by atoms with Gasteiger partial charge in [-0.1, -0.05) is 23.7 Å². The number of amides is 1. The van der Waals surface area contributed by atoms with Crippen LogP contribution in [0.4, 0.5) is 5.82 Å². The Morgan fingerprint density at radius 1 is 1.33 bits per heavy atom. The summed E-state index contributed by atoms with van der Waals surface area (Å²) in [4.78, 5) is 12.2. The summed E-state index contributed by atoms with van der Waals surface area (Å²) in [5, 5.41) is 7.49. The zero-order chi connectivity index (χ0) is 14.7. The van der Waals surface area contributed by atoms with Crippen molar-refractivity contribution in [2.24, 2.45) is 0 Å². The minimum absolute atomic E-state index is 0.0362. The van der Waals surface area contributed by atoms with Crippen molar-refractivity contribution in [3.8, 4) is 0 Å². The van der Waals surface area contributed by atoms with Crippen LogP contribution in [0.25, 0.3) is 11.0 Å². The molecule has 0 aliphatic heterocycles. The number of nitrogens with zero attached hydrogens (tertiary/aromatic N) is 1. The highest BCUT2D eigenvalue weighted by molar-refractivity contribution is 5.93. The smallest absolute Gasteiger partial charge is 0.247 e. The monoisotopic (exact) mass is 285 g/mol. The largest absolute Gasteiger partial charge is 0.380 e. The summed E-state index contributed by atoms with van der Waals surface area (Å²) in [5.74, 6) is 0.429. The van der Waals surface area contributed by atoms with Gasteiger partial charge in [-0.25, -0.2) is 0 Å². The second kappa shape index (κ2) is 5.99. The number of fused-ring (bicyclic) bond motifs is 1. The van der Waals surface area contributed by atoms with Crippen molar-refractivity contribution in [1.29, 1.82) is 0 Å². The van der Waals surface area contributed by atoms with Gasteiger partial charge < -0.3 is 15.6 Å². The molecule has 1 aliphatic rings. The lowest BCUT2D eigenvalue weighted by atomic mass is 10.1. The van der Waals surface area contributed by atoms with Crippen LogP contribution in [0.2, 0.25) is 0 Å². The normalized spacial score (nSPS) is 15.5. The van der Waals surface area contributed by atoms with Crippen LogP contribution in [-0.2, 0) is 11.3 Å². The van der Waals surface area contributed by atoms with Crippen LogP contribution in [0.1, 0.15) is 37.7 Å². The summed E-state index contributed by atoms with van der Waals surface area (Å²) < 4.78 is 5.13. The van der Waals surface area contributed by atoms with Crippen molar-refractivity contribution < 1.29 is 9.32 Å². The van der Waals surface area contributed by atoms with Crippen molar-refractivity contribution in [3.05, 3.63) is 35.4 Å². The third-order valence-electron chi connectivity index (χ3n) is 3.85. The molecule has 110 valence electrons. The molecule has 5 heteroatoms. The first-order chi connectivity index (χ1) is 10.2. The Morgan fingerprint density at radius 3 is 3.14 bits per heavy atom. The van der Waals surface area contributed by atoms with Crippen LogP contribution in [0, 0.1) is 0 Å². The van der Waals surface area contributed by atoms with E-state index in [-0.39, 0.29) is 5.91 Å². The molecule has 0 bridgehead atoms. The summed E-state index contributed by atoms with van der Waals surface area (Å²) in [7, 11) is 0. The molecule has 0 radical (unpaired) electrons. The van der Waals surface area contributed by atoms with Gasteiger partial charge >= 0.3 is 0 Å². The Bertz CT molecular complexity index is 688. The Hall–Kier alpha value is -2.30. The molecule has 0 saturated carbocycles. The molecule has 0 saturated heterocycles. The zero-order valence-electron chi connectivity index (χ0n) is 11.9. The van der Waals surface area contributed by atoms with E-state index in [9.17, 15) is 4.79 Å². The van der Waals surface area contributed by atoms with Gasteiger partial charge in [0.2, 0.25) is 5.91 Å². The number of aromatic nitrogens is 1. The number of carbonyl (C=O) groups excluding carboxylic acids is 1. The van der Waals surface area contributed by atoms with Gasteiger partial charge in [-0.2, -0.15) is 0 Å². The Balaban J connectivity index is 1.65. The topological polar surface area (TPSA) is 81.2 Å². The summed E-state index contributed by atoms with van der Waals surface area (Å²) in [5.41, 5.74) is 8.21. The fourth-order valence-electron chi connectivity index (χ4n) is 2.63. The SMILES string of the molecule is Nc1noc2cc(CNC(=O)C3=CCCCCC3)ccc12. The molecule has 3 N–H and O–H groups in total. The first kappa shape index (κ1) is 13.7. The molecule has 1 aromatic heterocycles. The van der Waals surface area contributed by atoms with Gasteiger partial charge in [0.25, 0.3) is 0 Å². The first-order valence-corrected chi connectivity index (χ1v) is 7.35. The minimum atomic E-state index is 0.0362. The lowest BCUT2D eigenvalue weighted by Gasteiger charge is -2.07. The quantitative estimate of drug-likeness (QED) is 0.908. The van der Waals surface area contributed by atoms with E-state index in [1.54, 1.807) is 0 Å². The summed E-state index contributed by atoms with van der Waals surface area (Å²) in [6.07, 6.45) is 7.44. The highest BCUT2D eigenvalue weighted by Crippen LogP contribution is 2.21. The van der Waals surface area contributed by atoms with Gasteiger partial charge in [-0.3, -0.25) is 4.79 Å². The van der Waals surface area contributed by atoms with Crippen LogP contribution in [0.15, 0.2) is 34.4 Å². The molecule has 1 heterocycles. The van der Waals surface area contributed by atoms with Crippen LogP contribution in [-0.4, -0.2) is 11.1 Å². The van der Waals surface area contributed by atoms with Crippen LogP contribution < -0.4 is 11.1 Å². The number of allylic oxidation sites excluding steroid dienone is 1. The van der Waals surface area contributed by atoms with E-state index >= 15 is 0 Å². The van der Waals surface area contributed by atoms with Gasteiger partial charge in [0.05, 0.1) is 5.39 Å². The maximum atomic E-state index is 12.2. The molecule has 1 aromatic carbocycles. The Kier molecular flexibility index (Phi) is 3.90. The van der Waals surface area contributed by atoms with E-state index in [0.717, 1.165) is 35.8 Å². The molecule has 5 nitrogen and oxygen atoms in total. The lowest BCUT2D eigenvalue weighted by Crippen LogP contribution is -2.24. The van der Waals surface area contributed by atoms with Crippen molar-refractivity contribution in [3.63, 3.8) is 0 Å². The number of anilines is 1. The molecule has 0 fully saturated rings. The average molecular weight is 285 g/mol. The molecule has 21 heavy (non-hydrogen) atoms. The third kappa shape index (κ3) is 3.07. The van der Waals surface area contributed by atoms with Gasteiger partial charge in [-0.05, 0) is 43.4 Å². The third-order valence-corrected chi connectivity index (χ3v) is 3.85. The zero-order valence-corrected chi connectivity index (χ0v) is 11.9. The predicted molar refractivity (Wildman–Crippen MR) is 81.4 cm³/mol. The molecule has 0 spiro atoms. The lowest BCUT2D eigenvalue weighted by molar-refractivity contribution is -0.117. The van der Waals surface area contributed by atoms with Crippen molar-refractivity contribution in [1.82, 2.24) is 10.5 Å². The van der Waals surface area contributed by atoms with E-state index < -0.39 is 0 Å². The number of nitrogen functional groups attached to an aromatic ring is 1. The number of nitrogens with one attached hydrogen (secondary N) is 1. The van der Waals surface area contributed by atoms with Crippen LogP contribution in [0.5, 0.6) is 0 Å². The molecular weight excluding hydrogens is 266 g/mol. The summed E-state index contributed by atoms with van der Waals surface area (Å²) in [6, 6.07) is 5.66. The molecule has 2 aromatic rings. The first-order valence-electron chi connectivity index (χ1n) is 7.35. The number of hydrogen-bond donors (Lipinski definition) is 2. The summed E-state index contributed by atoms with van der Waals surface area (Å²) in [6.45, 7) is 0.479. The van der Waals surface area contributed by atoms with E-state index in [1.165, 1.54) is 12.8 Å². The summed E-state index contributed by atoms with van der Waals surface area (Å²) >= 11 is 0. The van der Waals surface area contributed by atoms with E-state index in [4.69, 9.17) is 10.3 Å². The van der Waals surface area contributed by atoms with E-state index in [1.807, 2.05) is 18.2 Å². The fourth-order valence-corrected chi connectivity index (χ4v) is 2.63.